The predicted octanol–water partition coefficient (Wildman–Crippen LogP) is 2.76. The highest BCUT2D eigenvalue weighted by molar-refractivity contribution is 7.10. The third-order valence-corrected chi connectivity index (χ3v) is 4.51. The first kappa shape index (κ1) is 13.6. The summed E-state index contributed by atoms with van der Waals surface area (Å²) in [5.74, 6) is 5.74. The van der Waals surface area contributed by atoms with Crippen LogP contribution in [0, 0.1) is 6.92 Å². The zero-order valence-electron chi connectivity index (χ0n) is 11.0. The molecular weight excluding hydrogens is 264 g/mol. The normalized spacial score (nSPS) is 13.8. The zero-order chi connectivity index (χ0) is 13.3. The maximum absolute atomic E-state index is 5.74. The lowest BCUT2D eigenvalue weighted by Gasteiger charge is -2.21. The summed E-state index contributed by atoms with van der Waals surface area (Å²) in [6, 6.07) is 2.09. The molecule has 2 heterocycles. The van der Waals surface area contributed by atoms with Gasteiger partial charge in [-0.05, 0) is 35.5 Å². The molecule has 3 N–H and O–H groups in total. The second-order valence-electron chi connectivity index (χ2n) is 5.27. The van der Waals surface area contributed by atoms with Gasteiger partial charge in [0.25, 0.3) is 0 Å². The topological polar surface area (TPSA) is 63.8 Å². The molecule has 1 unspecified atom stereocenters. The fourth-order valence-corrected chi connectivity index (χ4v) is 3.59. The summed E-state index contributed by atoms with van der Waals surface area (Å²) < 4.78 is 4.10. The van der Waals surface area contributed by atoms with E-state index >= 15 is 0 Å². The average Bonchev–Trinajstić information content (AvgIpc) is 2.89. The minimum Gasteiger partial charge on any atom is -0.271 e. The minimum absolute atomic E-state index is 0.0227. The largest absolute Gasteiger partial charge is 0.271 e. The maximum Gasteiger partial charge on any atom is 0.0861 e. The zero-order valence-corrected chi connectivity index (χ0v) is 12.7. The van der Waals surface area contributed by atoms with E-state index < -0.39 is 0 Å². The fourth-order valence-electron chi connectivity index (χ4n) is 1.91. The van der Waals surface area contributed by atoms with E-state index in [2.05, 4.69) is 54.2 Å². The molecule has 18 heavy (non-hydrogen) atoms. The summed E-state index contributed by atoms with van der Waals surface area (Å²) in [6.07, 6.45) is 0. The van der Waals surface area contributed by atoms with E-state index in [1.807, 2.05) is 0 Å². The lowest BCUT2D eigenvalue weighted by Crippen LogP contribution is -2.30. The Morgan fingerprint density at radius 3 is 2.61 bits per heavy atom. The lowest BCUT2D eigenvalue weighted by atomic mass is 9.89. The van der Waals surface area contributed by atoms with Gasteiger partial charge in [-0.1, -0.05) is 25.3 Å². The van der Waals surface area contributed by atoms with Crippen molar-refractivity contribution in [2.45, 2.75) is 39.2 Å². The van der Waals surface area contributed by atoms with E-state index in [9.17, 15) is 0 Å². The molecule has 0 fully saturated rings. The Kier molecular flexibility index (Phi) is 3.82. The van der Waals surface area contributed by atoms with Crippen LogP contribution in [0.3, 0.4) is 0 Å². The number of aryl methyl sites for hydroxylation is 1. The molecule has 0 aliphatic rings. The number of rotatable bonds is 3. The van der Waals surface area contributed by atoms with E-state index in [1.54, 1.807) is 11.3 Å². The van der Waals surface area contributed by atoms with E-state index in [0.29, 0.717) is 0 Å². The molecule has 0 aliphatic heterocycles. The first-order valence-electron chi connectivity index (χ1n) is 5.78. The van der Waals surface area contributed by atoms with Crippen LogP contribution in [-0.4, -0.2) is 9.59 Å². The number of thiophene rings is 1. The number of nitrogens with zero attached hydrogens (tertiary/aromatic N) is 2. The van der Waals surface area contributed by atoms with Gasteiger partial charge in [0.05, 0.1) is 16.6 Å². The molecule has 2 aromatic rings. The molecule has 0 aliphatic carbocycles. The fraction of sp³-hybridized carbons (Fsp3) is 0.500. The van der Waals surface area contributed by atoms with E-state index in [1.165, 1.54) is 22.0 Å². The highest BCUT2D eigenvalue weighted by Gasteiger charge is 2.28. The SMILES string of the molecule is Cc1sccc1C(NN)c1snnc1C(C)(C)C. The molecule has 2 aromatic heterocycles. The van der Waals surface area contributed by atoms with Crippen LogP contribution in [0.1, 0.15) is 47.8 Å². The third kappa shape index (κ3) is 2.47. The molecule has 4 nitrogen and oxygen atoms in total. The van der Waals surface area contributed by atoms with Gasteiger partial charge in [-0.2, -0.15) is 0 Å². The molecule has 0 bridgehead atoms. The van der Waals surface area contributed by atoms with Crippen molar-refractivity contribution in [3.63, 3.8) is 0 Å². The van der Waals surface area contributed by atoms with Crippen LogP contribution in [-0.2, 0) is 5.41 Å². The number of aromatic nitrogens is 2. The molecule has 0 saturated heterocycles. The van der Waals surface area contributed by atoms with E-state index in [-0.39, 0.29) is 11.5 Å². The second kappa shape index (κ2) is 5.05. The van der Waals surface area contributed by atoms with Gasteiger partial charge < -0.3 is 0 Å². The Labute approximate surface area is 115 Å². The quantitative estimate of drug-likeness (QED) is 0.671. The van der Waals surface area contributed by atoms with Crippen molar-refractivity contribution < 1.29 is 0 Å². The molecule has 0 amide bonds. The number of nitrogens with two attached hydrogens (primary N) is 1. The molecule has 1 atom stereocenters. The lowest BCUT2D eigenvalue weighted by molar-refractivity contribution is 0.543. The summed E-state index contributed by atoms with van der Waals surface area (Å²) in [5, 5.41) is 6.36. The number of hydrazine groups is 1. The van der Waals surface area contributed by atoms with Crippen molar-refractivity contribution in [1.82, 2.24) is 15.0 Å². The summed E-state index contributed by atoms with van der Waals surface area (Å²) in [4.78, 5) is 2.37. The number of nitrogens with one attached hydrogen (secondary N) is 1. The van der Waals surface area contributed by atoms with Crippen molar-refractivity contribution in [2.75, 3.05) is 0 Å². The summed E-state index contributed by atoms with van der Waals surface area (Å²) in [6.45, 7) is 8.53. The average molecular weight is 282 g/mol. The smallest absolute Gasteiger partial charge is 0.0861 e. The Morgan fingerprint density at radius 2 is 2.11 bits per heavy atom. The second-order valence-corrected chi connectivity index (χ2v) is 7.17. The van der Waals surface area contributed by atoms with Crippen molar-refractivity contribution in [1.29, 1.82) is 0 Å². The molecule has 0 radical (unpaired) electrons. The number of hydrogen-bond acceptors (Lipinski definition) is 6. The van der Waals surface area contributed by atoms with Crippen LogP contribution in [0.4, 0.5) is 0 Å². The van der Waals surface area contributed by atoms with Gasteiger partial charge in [0.15, 0.2) is 0 Å². The van der Waals surface area contributed by atoms with E-state index in [4.69, 9.17) is 5.84 Å². The Morgan fingerprint density at radius 1 is 1.39 bits per heavy atom. The highest BCUT2D eigenvalue weighted by Crippen LogP contribution is 2.35. The summed E-state index contributed by atoms with van der Waals surface area (Å²) in [7, 11) is 0. The van der Waals surface area contributed by atoms with Crippen LogP contribution in [0.5, 0.6) is 0 Å². The molecular formula is C12H18N4S2. The van der Waals surface area contributed by atoms with Gasteiger partial charge in [0, 0.05) is 10.3 Å². The van der Waals surface area contributed by atoms with Gasteiger partial charge in [0.1, 0.15) is 0 Å². The van der Waals surface area contributed by atoms with Crippen LogP contribution in [0.15, 0.2) is 11.4 Å². The molecule has 0 aromatic carbocycles. The van der Waals surface area contributed by atoms with Crippen LogP contribution >= 0.6 is 22.9 Å². The molecule has 0 spiro atoms. The molecule has 6 heteroatoms. The third-order valence-electron chi connectivity index (χ3n) is 2.86. The van der Waals surface area contributed by atoms with Crippen LogP contribution in [0.25, 0.3) is 0 Å². The van der Waals surface area contributed by atoms with Crippen molar-refractivity contribution in [2.24, 2.45) is 5.84 Å². The standard InChI is InChI=1S/C12H18N4S2/c1-7-8(5-6-17-7)9(14-13)10-11(12(2,3)4)15-16-18-10/h5-6,9,14H,13H2,1-4H3. The van der Waals surface area contributed by atoms with Gasteiger partial charge in [-0.15, -0.1) is 16.4 Å². The Bertz CT molecular complexity index is 524. The predicted molar refractivity (Wildman–Crippen MR) is 76.8 cm³/mol. The van der Waals surface area contributed by atoms with Crippen LogP contribution in [0.2, 0.25) is 0 Å². The molecule has 98 valence electrons. The van der Waals surface area contributed by atoms with Gasteiger partial charge in [-0.3, -0.25) is 5.84 Å². The van der Waals surface area contributed by atoms with Gasteiger partial charge >= 0.3 is 0 Å². The van der Waals surface area contributed by atoms with Gasteiger partial charge in [-0.25, -0.2) is 5.43 Å². The van der Waals surface area contributed by atoms with Crippen molar-refractivity contribution >= 4 is 22.9 Å². The van der Waals surface area contributed by atoms with Crippen LogP contribution < -0.4 is 11.3 Å². The van der Waals surface area contributed by atoms with E-state index in [0.717, 1.165) is 10.6 Å². The van der Waals surface area contributed by atoms with Crippen molar-refractivity contribution in [3.8, 4) is 0 Å². The Balaban J connectivity index is 2.47. The monoisotopic (exact) mass is 282 g/mol. The number of hydrogen-bond donors (Lipinski definition) is 2. The minimum atomic E-state index is -0.0264. The Hall–Kier alpha value is -0.820. The van der Waals surface area contributed by atoms with Crippen molar-refractivity contribution in [3.05, 3.63) is 32.5 Å². The highest BCUT2D eigenvalue weighted by atomic mass is 32.1. The first-order valence-corrected chi connectivity index (χ1v) is 7.43. The molecule has 0 saturated carbocycles. The summed E-state index contributed by atoms with van der Waals surface area (Å²) in [5.41, 5.74) is 5.09. The first-order chi connectivity index (χ1) is 8.45. The maximum atomic E-state index is 5.74. The summed E-state index contributed by atoms with van der Waals surface area (Å²) >= 11 is 3.14. The van der Waals surface area contributed by atoms with Gasteiger partial charge in [0.2, 0.25) is 0 Å². The molecule has 2 rings (SSSR count).